The Morgan fingerprint density at radius 2 is 2.00 bits per heavy atom. The van der Waals surface area contributed by atoms with Gasteiger partial charge in [0.1, 0.15) is 0 Å². The summed E-state index contributed by atoms with van der Waals surface area (Å²) in [4.78, 5) is 0. The third-order valence-corrected chi connectivity index (χ3v) is 2.96. The van der Waals surface area contributed by atoms with Gasteiger partial charge >= 0.3 is 0 Å². The Balaban J connectivity index is 2.28. The number of hydrogen-bond donors (Lipinski definition) is 2. The maximum absolute atomic E-state index is 9.80. The maximum Gasteiger partial charge on any atom is 0.161 e. The van der Waals surface area contributed by atoms with E-state index in [0.717, 1.165) is 18.5 Å². The van der Waals surface area contributed by atoms with Crippen molar-refractivity contribution in [2.45, 2.75) is 18.6 Å². The number of aliphatic hydroxyl groups is 1. The number of methoxy groups -OCH3 is 2. The van der Waals surface area contributed by atoms with Crippen molar-refractivity contribution in [3.63, 3.8) is 0 Å². The molecule has 2 N–H and O–H groups in total. The fourth-order valence-corrected chi connectivity index (χ4v) is 2.08. The number of ether oxygens (including phenoxy) is 2. The summed E-state index contributed by atoms with van der Waals surface area (Å²) in [6, 6.07) is 5.72. The predicted octanol–water partition coefficient (Wildman–Crippen LogP) is 1.10. The molecule has 4 nitrogen and oxygen atoms in total. The van der Waals surface area contributed by atoms with Gasteiger partial charge in [-0.25, -0.2) is 0 Å². The average molecular weight is 223 g/mol. The van der Waals surface area contributed by atoms with E-state index in [1.165, 1.54) is 0 Å². The molecule has 4 heteroatoms. The van der Waals surface area contributed by atoms with Crippen molar-refractivity contribution in [2.75, 3.05) is 20.8 Å². The van der Waals surface area contributed by atoms with Crippen molar-refractivity contribution in [1.29, 1.82) is 0 Å². The fraction of sp³-hybridized carbons (Fsp3) is 0.500. The topological polar surface area (TPSA) is 50.7 Å². The van der Waals surface area contributed by atoms with Gasteiger partial charge in [0.25, 0.3) is 0 Å². The molecule has 2 unspecified atom stereocenters. The van der Waals surface area contributed by atoms with E-state index in [4.69, 9.17) is 9.47 Å². The zero-order valence-electron chi connectivity index (χ0n) is 9.56. The Labute approximate surface area is 95.2 Å². The van der Waals surface area contributed by atoms with Crippen LogP contribution in [-0.4, -0.2) is 32.0 Å². The molecule has 1 aliphatic heterocycles. The summed E-state index contributed by atoms with van der Waals surface area (Å²) in [6.45, 7) is 0.847. The first-order valence-electron chi connectivity index (χ1n) is 5.39. The molecule has 0 amide bonds. The van der Waals surface area contributed by atoms with Gasteiger partial charge in [0.2, 0.25) is 0 Å². The van der Waals surface area contributed by atoms with Crippen molar-refractivity contribution in [2.24, 2.45) is 0 Å². The van der Waals surface area contributed by atoms with Crippen molar-refractivity contribution in [3.05, 3.63) is 23.8 Å². The molecule has 1 heterocycles. The van der Waals surface area contributed by atoms with Crippen molar-refractivity contribution in [1.82, 2.24) is 5.32 Å². The molecular formula is C12H17NO3. The van der Waals surface area contributed by atoms with Crippen LogP contribution in [0, 0.1) is 0 Å². The molecule has 2 rings (SSSR count). The van der Waals surface area contributed by atoms with E-state index in [0.29, 0.717) is 11.5 Å². The number of nitrogens with one attached hydrogen (secondary N) is 1. The molecule has 1 fully saturated rings. The van der Waals surface area contributed by atoms with Gasteiger partial charge in [-0.1, -0.05) is 6.07 Å². The number of rotatable bonds is 3. The van der Waals surface area contributed by atoms with Crippen LogP contribution in [0.25, 0.3) is 0 Å². The first kappa shape index (κ1) is 11.2. The molecule has 1 aliphatic rings. The Morgan fingerprint density at radius 3 is 2.56 bits per heavy atom. The SMILES string of the molecule is COc1ccc(C2NCCC2O)cc1OC. The van der Waals surface area contributed by atoms with E-state index in [9.17, 15) is 5.11 Å². The third kappa shape index (κ3) is 1.99. The lowest BCUT2D eigenvalue weighted by Crippen LogP contribution is -2.20. The van der Waals surface area contributed by atoms with Crippen molar-refractivity contribution >= 4 is 0 Å². The van der Waals surface area contributed by atoms with Crippen LogP contribution in [0.4, 0.5) is 0 Å². The number of benzene rings is 1. The average Bonchev–Trinajstić information content (AvgIpc) is 2.74. The summed E-state index contributed by atoms with van der Waals surface area (Å²) in [5.74, 6) is 1.40. The van der Waals surface area contributed by atoms with E-state index in [1.54, 1.807) is 14.2 Å². The standard InChI is InChI=1S/C12H17NO3/c1-15-10-4-3-8(7-11(10)16-2)12-9(14)5-6-13-12/h3-4,7,9,12-14H,5-6H2,1-2H3. The van der Waals surface area contributed by atoms with Gasteiger partial charge in [0.05, 0.1) is 26.4 Å². The van der Waals surface area contributed by atoms with Crippen LogP contribution in [0.2, 0.25) is 0 Å². The first-order valence-corrected chi connectivity index (χ1v) is 5.39. The van der Waals surface area contributed by atoms with Gasteiger partial charge in [-0.2, -0.15) is 0 Å². The summed E-state index contributed by atoms with van der Waals surface area (Å²) in [5, 5.41) is 13.1. The summed E-state index contributed by atoms with van der Waals surface area (Å²) in [5.41, 5.74) is 1.03. The minimum atomic E-state index is -0.321. The lowest BCUT2D eigenvalue weighted by atomic mass is 10.0. The third-order valence-electron chi connectivity index (χ3n) is 2.96. The van der Waals surface area contributed by atoms with E-state index in [-0.39, 0.29) is 12.1 Å². The van der Waals surface area contributed by atoms with Crippen molar-refractivity contribution < 1.29 is 14.6 Å². The van der Waals surface area contributed by atoms with Gasteiger partial charge in [-0.3, -0.25) is 0 Å². The minimum Gasteiger partial charge on any atom is -0.493 e. The minimum absolute atomic E-state index is 0.000180. The highest BCUT2D eigenvalue weighted by Crippen LogP contribution is 2.32. The van der Waals surface area contributed by atoms with Crippen LogP contribution >= 0.6 is 0 Å². The lowest BCUT2D eigenvalue weighted by Gasteiger charge is -2.17. The van der Waals surface area contributed by atoms with E-state index in [2.05, 4.69) is 5.32 Å². The molecule has 0 bridgehead atoms. The molecule has 0 radical (unpaired) electrons. The molecule has 88 valence electrons. The van der Waals surface area contributed by atoms with Gasteiger partial charge in [-0.15, -0.1) is 0 Å². The maximum atomic E-state index is 9.80. The van der Waals surface area contributed by atoms with Crippen molar-refractivity contribution in [3.8, 4) is 11.5 Å². The highest BCUT2D eigenvalue weighted by atomic mass is 16.5. The first-order chi connectivity index (χ1) is 7.76. The van der Waals surface area contributed by atoms with Crippen LogP contribution in [-0.2, 0) is 0 Å². The Hall–Kier alpha value is -1.26. The molecule has 1 aromatic rings. The molecule has 0 spiro atoms. The molecule has 2 atom stereocenters. The highest BCUT2D eigenvalue weighted by Gasteiger charge is 2.26. The predicted molar refractivity (Wildman–Crippen MR) is 60.9 cm³/mol. The second-order valence-electron chi connectivity index (χ2n) is 3.90. The second-order valence-corrected chi connectivity index (χ2v) is 3.90. The second kappa shape index (κ2) is 4.72. The van der Waals surface area contributed by atoms with Crippen LogP contribution in [0.3, 0.4) is 0 Å². The smallest absolute Gasteiger partial charge is 0.161 e. The molecule has 0 aromatic heterocycles. The summed E-state index contributed by atoms with van der Waals surface area (Å²) in [7, 11) is 3.22. The summed E-state index contributed by atoms with van der Waals surface area (Å²) >= 11 is 0. The lowest BCUT2D eigenvalue weighted by molar-refractivity contribution is 0.160. The van der Waals surface area contributed by atoms with Gasteiger partial charge in [0, 0.05) is 0 Å². The Bertz CT molecular complexity index is 367. The number of aliphatic hydroxyl groups excluding tert-OH is 1. The largest absolute Gasteiger partial charge is 0.493 e. The van der Waals surface area contributed by atoms with E-state index < -0.39 is 0 Å². The molecule has 0 aliphatic carbocycles. The summed E-state index contributed by atoms with van der Waals surface area (Å²) < 4.78 is 10.4. The van der Waals surface area contributed by atoms with Crippen LogP contribution in [0.15, 0.2) is 18.2 Å². The molecule has 1 aromatic carbocycles. The summed E-state index contributed by atoms with van der Waals surface area (Å²) in [6.07, 6.45) is 0.469. The van der Waals surface area contributed by atoms with Gasteiger partial charge < -0.3 is 19.9 Å². The molecule has 16 heavy (non-hydrogen) atoms. The zero-order chi connectivity index (χ0) is 11.5. The zero-order valence-corrected chi connectivity index (χ0v) is 9.56. The molecular weight excluding hydrogens is 206 g/mol. The quantitative estimate of drug-likeness (QED) is 0.805. The number of hydrogen-bond acceptors (Lipinski definition) is 4. The normalized spacial score (nSPS) is 24.4. The van der Waals surface area contributed by atoms with Gasteiger partial charge in [-0.05, 0) is 30.7 Å². The van der Waals surface area contributed by atoms with Crippen LogP contribution in [0.1, 0.15) is 18.0 Å². The van der Waals surface area contributed by atoms with E-state index >= 15 is 0 Å². The molecule has 0 saturated carbocycles. The Kier molecular flexibility index (Phi) is 3.31. The molecule has 1 saturated heterocycles. The van der Waals surface area contributed by atoms with Crippen LogP contribution in [0.5, 0.6) is 11.5 Å². The van der Waals surface area contributed by atoms with Gasteiger partial charge in [0.15, 0.2) is 11.5 Å². The highest BCUT2D eigenvalue weighted by molar-refractivity contribution is 5.44. The van der Waals surface area contributed by atoms with E-state index in [1.807, 2.05) is 18.2 Å². The Morgan fingerprint density at radius 1 is 1.25 bits per heavy atom. The monoisotopic (exact) mass is 223 g/mol. The van der Waals surface area contributed by atoms with Crippen LogP contribution < -0.4 is 14.8 Å². The fourth-order valence-electron chi connectivity index (χ4n) is 2.08.